The molecule has 0 heterocycles. The molecule has 16 heavy (non-hydrogen) atoms. The molecule has 0 radical (unpaired) electrons. The van der Waals surface area contributed by atoms with Gasteiger partial charge in [0.2, 0.25) is 0 Å². The molecule has 0 saturated heterocycles. The lowest BCUT2D eigenvalue weighted by molar-refractivity contribution is 0.411. The fourth-order valence-corrected chi connectivity index (χ4v) is 1.83. The minimum Gasteiger partial charge on any atom is -0.310 e. The third-order valence-corrected chi connectivity index (χ3v) is 2.51. The van der Waals surface area contributed by atoms with Crippen LogP contribution in [0.15, 0.2) is 18.2 Å². The first-order valence-electron chi connectivity index (χ1n) is 5.73. The molecule has 3 heteroatoms. The second-order valence-electron chi connectivity index (χ2n) is 4.38. The van der Waals surface area contributed by atoms with Crippen molar-refractivity contribution in [1.82, 2.24) is 5.32 Å². The van der Waals surface area contributed by atoms with Crippen molar-refractivity contribution in [3.8, 4) is 0 Å². The van der Waals surface area contributed by atoms with E-state index < -0.39 is 11.6 Å². The Bertz CT molecular complexity index is 337. The van der Waals surface area contributed by atoms with Crippen molar-refractivity contribution in [2.75, 3.05) is 6.54 Å². The van der Waals surface area contributed by atoms with Gasteiger partial charge in [0.05, 0.1) is 0 Å². The van der Waals surface area contributed by atoms with Gasteiger partial charge in [-0.05, 0) is 24.9 Å². The van der Waals surface area contributed by atoms with Crippen LogP contribution < -0.4 is 5.32 Å². The molecule has 1 unspecified atom stereocenters. The largest absolute Gasteiger partial charge is 0.310 e. The highest BCUT2D eigenvalue weighted by Crippen LogP contribution is 2.24. The van der Waals surface area contributed by atoms with Crippen LogP contribution >= 0.6 is 0 Å². The van der Waals surface area contributed by atoms with Crippen LogP contribution in [0.3, 0.4) is 0 Å². The van der Waals surface area contributed by atoms with Gasteiger partial charge in [0.15, 0.2) is 11.6 Å². The van der Waals surface area contributed by atoms with E-state index in [0.29, 0.717) is 11.5 Å². The monoisotopic (exact) mass is 227 g/mol. The topological polar surface area (TPSA) is 12.0 Å². The Hall–Kier alpha value is -0.960. The molecule has 1 nitrogen and oxygen atoms in total. The fourth-order valence-electron chi connectivity index (χ4n) is 1.83. The van der Waals surface area contributed by atoms with Crippen molar-refractivity contribution in [2.45, 2.75) is 33.2 Å². The number of hydrogen-bond acceptors (Lipinski definition) is 1. The van der Waals surface area contributed by atoms with Crippen molar-refractivity contribution in [2.24, 2.45) is 5.92 Å². The Morgan fingerprint density at radius 1 is 1.25 bits per heavy atom. The van der Waals surface area contributed by atoms with Crippen LogP contribution in [0.5, 0.6) is 0 Å². The molecule has 1 aromatic rings. The Morgan fingerprint density at radius 2 is 1.94 bits per heavy atom. The van der Waals surface area contributed by atoms with Crippen molar-refractivity contribution >= 4 is 0 Å². The maximum atomic E-state index is 13.6. The Labute approximate surface area is 95.9 Å². The van der Waals surface area contributed by atoms with Crippen LogP contribution in [0.25, 0.3) is 0 Å². The van der Waals surface area contributed by atoms with Gasteiger partial charge in [0, 0.05) is 11.6 Å². The highest BCUT2D eigenvalue weighted by Gasteiger charge is 2.18. The molecule has 0 fully saturated rings. The first-order chi connectivity index (χ1) is 7.56. The highest BCUT2D eigenvalue weighted by atomic mass is 19.2. The lowest BCUT2D eigenvalue weighted by Crippen LogP contribution is -2.23. The van der Waals surface area contributed by atoms with E-state index in [0.717, 1.165) is 19.0 Å². The predicted octanol–water partition coefficient (Wildman–Crippen LogP) is 3.66. The van der Waals surface area contributed by atoms with Crippen molar-refractivity contribution < 1.29 is 8.78 Å². The highest BCUT2D eigenvalue weighted by molar-refractivity contribution is 5.22. The van der Waals surface area contributed by atoms with Crippen LogP contribution in [-0.2, 0) is 0 Å². The second-order valence-corrected chi connectivity index (χ2v) is 4.38. The third-order valence-electron chi connectivity index (χ3n) is 2.51. The van der Waals surface area contributed by atoms with E-state index in [1.165, 1.54) is 0 Å². The lowest BCUT2D eigenvalue weighted by Gasteiger charge is -2.21. The summed E-state index contributed by atoms with van der Waals surface area (Å²) in [6.07, 6.45) is 0.800. The SMILES string of the molecule is CCNC(CC(C)C)c1cccc(F)c1F. The molecule has 0 bridgehead atoms. The quantitative estimate of drug-likeness (QED) is 0.809. The smallest absolute Gasteiger partial charge is 0.163 e. The summed E-state index contributed by atoms with van der Waals surface area (Å²) >= 11 is 0. The van der Waals surface area contributed by atoms with Crippen LogP contribution in [0.4, 0.5) is 8.78 Å². The van der Waals surface area contributed by atoms with Crippen molar-refractivity contribution in [1.29, 1.82) is 0 Å². The van der Waals surface area contributed by atoms with Crippen LogP contribution in [-0.4, -0.2) is 6.54 Å². The van der Waals surface area contributed by atoms with Gasteiger partial charge in [-0.3, -0.25) is 0 Å². The molecule has 0 spiro atoms. The zero-order valence-corrected chi connectivity index (χ0v) is 10.1. The van der Waals surface area contributed by atoms with Crippen molar-refractivity contribution in [3.63, 3.8) is 0 Å². The molecule has 1 aromatic carbocycles. The average molecular weight is 227 g/mol. The Morgan fingerprint density at radius 3 is 2.50 bits per heavy atom. The van der Waals surface area contributed by atoms with Gasteiger partial charge in [-0.15, -0.1) is 0 Å². The number of rotatable bonds is 5. The van der Waals surface area contributed by atoms with E-state index in [1.807, 2.05) is 6.92 Å². The van der Waals surface area contributed by atoms with Crippen LogP contribution in [0.1, 0.15) is 38.8 Å². The van der Waals surface area contributed by atoms with E-state index in [9.17, 15) is 8.78 Å². The van der Waals surface area contributed by atoms with Crippen molar-refractivity contribution in [3.05, 3.63) is 35.4 Å². The summed E-state index contributed by atoms with van der Waals surface area (Å²) in [4.78, 5) is 0. The van der Waals surface area contributed by atoms with E-state index >= 15 is 0 Å². The normalized spacial score (nSPS) is 13.1. The van der Waals surface area contributed by atoms with E-state index in [2.05, 4.69) is 19.2 Å². The number of halogens is 2. The van der Waals surface area contributed by atoms with Gasteiger partial charge in [-0.25, -0.2) is 8.78 Å². The molecular weight excluding hydrogens is 208 g/mol. The summed E-state index contributed by atoms with van der Waals surface area (Å²) in [5.74, 6) is -1.06. The minimum atomic E-state index is -0.774. The Balaban J connectivity index is 2.96. The van der Waals surface area contributed by atoms with Gasteiger partial charge >= 0.3 is 0 Å². The Kier molecular flexibility index (Phi) is 4.87. The molecule has 0 aliphatic carbocycles. The van der Waals surface area contributed by atoms with Gasteiger partial charge in [-0.2, -0.15) is 0 Å². The summed E-state index contributed by atoms with van der Waals surface area (Å²) < 4.78 is 26.7. The molecule has 0 aliphatic heterocycles. The van der Waals surface area contributed by atoms with E-state index in [1.54, 1.807) is 12.1 Å². The second kappa shape index (κ2) is 5.94. The molecule has 1 atom stereocenters. The zero-order valence-electron chi connectivity index (χ0n) is 10.1. The molecular formula is C13H19F2N. The standard InChI is InChI=1S/C13H19F2N/c1-4-16-12(8-9(2)3)10-6-5-7-11(14)13(10)15/h5-7,9,12,16H,4,8H2,1-3H3. The van der Waals surface area contributed by atoms with Crippen LogP contribution in [0.2, 0.25) is 0 Å². The summed E-state index contributed by atoms with van der Waals surface area (Å²) in [5.41, 5.74) is 0.426. The maximum absolute atomic E-state index is 13.6. The third kappa shape index (κ3) is 3.27. The molecule has 0 amide bonds. The van der Waals surface area contributed by atoms with E-state index in [-0.39, 0.29) is 6.04 Å². The summed E-state index contributed by atoms with van der Waals surface area (Å²) in [6.45, 7) is 6.85. The lowest BCUT2D eigenvalue weighted by atomic mass is 9.96. The maximum Gasteiger partial charge on any atom is 0.163 e. The zero-order chi connectivity index (χ0) is 12.1. The van der Waals surface area contributed by atoms with E-state index in [4.69, 9.17) is 0 Å². The predicted molar refractivity (Wildman–Crippen MR) is 62.2 cm³/mol. The summed E-state index contributed by atoms with van der Waals surface area (Å²) in [6, 6.07) is 4.24. The number of benzene rings is 1. The fraction of sp³-hybridized carbons (Fsp3) is 0.538. The van der Waals surface area contributed by atoms with Gasteiger partial charge < -0.3 is 5.32 Å². The number of hydrogen-bond donors (Lipinski definition) is 1. The molecule has 0 aromatic heterocycles. The first-order valence-corrected chi connectivity index (χ1v) is 5.73. The molecule has 1 N–H and O–H groups in total. The molecule has 1 rings (SSSR count). The van der Waals surface area contributed by atoms with Crippen LogP contribution in [0, 0.1) is 17.6 Å². The summed E-state index contributed by atoms with van der Waals surface area (Å²) in [7, 11) is 0. The van der Waals surface area contributed by atoms with Gasteiger partial charge in [-0.1, -0.05) is 32.9 Å². The molecule has 90 valence electrons. The van der Waals surface area contributed by atoms with Gasteiger partial charge in [0.25, 0.3) is 0 Å². The van der Waals surface area contributed by atoms with Gasteiger partial charge in [0.1, 0.15) is 0 Å². The summed E-state index contributed by atoms with van der Waals surface area (Å²) in [5, 5.41) is 3.19. The number of nitrogens with one attached hydrogen (secondary N) is 1. The molecule has 0 saturated carbocycles. The average Bonchev–Trinajstić information content (AvgIpc) is 2.21. The first kappa shape index (κ1) is 13.1. The minimum absolute atomic E-state index is 0.110. The molecule has 0 aliphatic rings.